The minimum atomic E-state index is -1.59. The highest BCUT2D eigenvalue weighted by Crippen LogP contribution is 2.38. The van der Waals surface area contributed by atoms with Crippen LogP contribution >= 0.6 is 0 Å². The predicted octanol–water partition coefficient (Wildman–Crippen LogP) is 2.59. The Bertz CT molecular complexity index is 480. The van der Waals surface area contributed by atoms with E-state index in [1.54, 1.807) is 6.07 Å². The maximum Gasteiger partial charge on any atom is 0.143 e. The van der Waals surface area contributed by atoms with Crippen molar-refractivity contribution < 1.29 is 13.9 Å². The lowest BCUT2D eigenvalue weighted by Crippen LogP contribution is -2.42. The van der Waals surface area contributed by atoms with E-state index in [1.807, 2.05) is 18.7 Å². The van der Waals surface area contributed by atoms with Crippen LogP contribution in [0.4, 0.5) is 8.78 Å². The second kappa shape index (κ2) is 4.93. The Morgan fingerprint density at radius 3 is 2.79 bits per heavy atom. The van der Waals surface area contributed by atoms with Crippen LogP contribution in [0.15, 0.2) is 23.2 Å². The van der Waals surface area contributed by atoms with Crippen molar-refractivity contribution in [3.63, 3.8) is 0 Å². The van der Waals surface area contributed by atoms with Crippen molar-refractivity contribution in [2.24, 2.45) is 0 Å². The van der Waals surface area contributed by atoms with Gasteiger partial charge in [0, 0.05) is 18.7 Å². The van der Waals surface area contributed by atoms with Gasteiger partial charge in [-0.05, 0) is 25.8 Å². The van der Waals surface area contributed by atoms with Gasteiger partial charge in [0.15, 0.2) is 0 Å². The van der Waals surface area contributed by atoms with Gasteiger partial charge in [-0.25, -0.2) is 8.78 Å². The summed E-state index contributed by atoms with van der Waals surface area (Å²) in [4.78, 5) is 1.85. The Kier molecular flexibility index (Phi) is 3.64. The highest BCUT2D eigenvalue weighted by atomic mass is 19.1. The van der Waals surface area contributed by atoms with Crippen LogP contribution in [0.3, 0.4) is 0 Å². The zero-order valence-corrected chi connectivity index (χ0v) is 11.2. The molecule has 19 heavy (non-hydrogen) atoms. The van der Waals surface area contributed by atoms with Crippen molar-refractivity contribution in [1.29, 1.82) is 5.26 Å². The Morgan fingerprint density at radius 2 is 2.32 bits per heavy atom. The van der Waals surface area contributed by atoms with E-state index in [0.717, 1.165) is 0 Å². The Labute approximate surface area is 111 Å². The van der Waals surface area contributed by atoms with E-state index in [1.165, 1.54) is 6.08 Å². The van der Waals surface area contributed by atoms with Gasteiger partial charge in [-0.15, -0.1) is 0 Å². The second-order valence-corrected chi connectivity index (χ2v) is 5.26. The summed E-state index contributed by atoms with van der Waals surface area (Å²) >= 11 is 0. The number of allylic oxidation sites excluding steroid dienone is 4. The number of alkyl halides is 1. The summed E-state index contributed by atoms with van der Waals surface area (Å²) in [5.41, 5.74) is -0.704. The molecule has 0 saturated carbocycles. The van der Waals surface area contributed by atoms with Crippen molar-refractivity contribution in [3.8, 4) is 6.07 Å². The standard InChI is InChI=1S/C14H18F2N2O/c1-3-14(19)4-5-18(9(14)2)10-6-12(15)11(8-17)13(16)7-10/h6,9,13,19H,3-5,7H2,1-2H3/t9-,13?,14-/m0/s1. The van der Waals surface area contributed by atoms with Gasteiger partial charge in [-0.2, -0.15) is 5.26 Å². The lowest BCUT2D eigenvalue weighted by molar-refractivity contribution is 0.0118. The smallest absolute Gasteiger partial charge is 0.143 e. The third kappa shape index (κ3) is 2.25. The molecule has 0 aromatic rings. The van der Waals surface area contributed by atoms with Gasteiger partial charge in [-0.3, -0.25) is 0 Å². The molecule has 0 bridgehead atoms. The fourth-order valence-electron chi connectivity index (χ4n) is 2.91. The van der Waals surface area contributed by atoms with E-state index < -0.39 is 23.2 Å². The predicted molar refractivity (Wildman–Crippen MR) is 67.4 cm³/mol. The average molecular weight is 268 g/mol. The van der Waals surface area contributed by atoms with E-state index in [0.29, 0.717) is 25.1 Å². The van der Waals surface area contributed by atoms with Crippen LogP contribution in [0, 0.1) is 11.3 Å². The maximum atomic E-state index is 13.8. The Balaban J connectivity index is 2.26. The molecule has 1 heterocycles. The molecular formula is C14H18F2N2O. The molecule has 3 atom stereocenters. The molecule has 1 aliphatic heterocycles. The molecule has 5 heteroatoms. The van der Waals surface area contributed by atoms with Crippen LogP contribution in [0.5, 0.6) is 0 Å². The summed E-state index contributed by atoms with van der Waals surface area (Å²) in [6.07, 6.45) is 0.841. The van der Waals surface area contributed by atoms with Crippen LogP contribution in [0.25, 0.3) is 0 Å². The third-order valence-corrected chi connectivity index (χ3v) is 4.38. The molecule has 2 aliphatic rings. The van der Waals surface area contributed by atoms with E-state index >= 15 is 0 Å². The van der Waals surface area contributed by atoms with Crippen LogP contribution in [0.2, 0.25) is 0 Å². The van der Waals surface area contributed by atoms with E-state index in [2.05, 4.69) is 0 Å². The Hall–Kier alpha value is -1.41. The molecule has 1 N–H and O–H groups in total. The van der Waals surface area contributed by atoms with Gasteiger partial charge in [0.1, 0.15) is 18.1 Å². The number of rotatable bonds is 2. The molecule has 0 radical (unpaired) electrons. The van der Waals surface area contributed by atoms with E-state index in [-0.39, 0.29) is 12.5 Å². The molecule has 104 valence electrons. The summed E-state index contributed by atoms with van der Waals surface area (Å²) in [5.74, 6) is -0.796. The number of hydrogen-bond acceptors (Lipinski definition) is 3. The lowest BCUT2D eigenvalue weighted by atomic mass is 9.92. The first-order valence-electron chi connectivity index (χ1n) is 6.56. The third-order valence-electron chi connectivity index (χ3n) is 4.38. The summed E-state index contributed by atoms with van der Waals surface area (Å²) in [5, 5.41) is 19.1. The summed E-state index contributed by atoms with van der Waals surface area (Å²) in [6.45, 7) is 4.35. The molecule has 1 saturated heterocycles. The number of halogens is 2. The van der Waals surface area contributed by atoms with Crippen molar-refractivity contribution in [2.45, 2.75) is 50.9 Å². The summed E-state index contributed by atoms with van der Waals surface area (Å²) < 4.78 is 27.4. The first-order chi connectivity index (χ1) is 8.92. The molecule has 0 amide bonds. The van der Waals surface area contributed by atoms with Crippen molar-refractivity contribution in [2.75, 3.05) is 6.54 Å². The zero-order chi connectivity index (χ0) is 14.2. The van der Waals surface area contributed by atoms with E-state index in [4.69, 9.17) is 5.26 Å². The van der Waals surface area contributed by atoms with Gasteiger partial charge in [0.05, 0.1) is 17.2 Å². The fourth-order valence-corrected chi connectivity index (χ4v) is 2.91. The highest BCUT2D eigenvalue weighted by molar-refractivity contribution is 5.40. The monoisotopic (exact) mass is 268 g/mol. The molecule has 1 unspecified atom stereocenters. The molecule has 0 aromatic heterocycles. The fraction of sp³-hybridized carbons (Fsp3) is 0.643. The molecule has 1 aliphatic carbocycles. The molecule has 2 rings (SSSR count). The minimum Gasteiger partial charge on any atom is -0.388 e. The molecular weight excluding hydrogens is 250 g/mol. The number of aliphatic hydroxyl groups is 1. The first kappa shape index (κ1) is 14.0. The topological polar surface area (TPSA) is 47.3 Å². The first-order valence-corrected chi connectivity index (χ1v) is 6.56. The Morgan fingerprint density at radius 1 is 1.63 bits per heavy atom. The summed E-state index contributed by atoms with van der Waals surface area (Å²) in [6, 6.07) is 1.40. The van der Waals surface area contributed by atoms with Crippen LogP contribution < -0.4 is 0 Å². The van der Waals surface area contributed by atoms with Crippen LogP contribution in [0.1, 0.15) is 33.1 Å². The maximum absolute atomic E-state index is 13.8. The van der Waals surface area contributed by atoms with Gasteiger partial charge >= 0.3 is 0 Å². The van der Waals surface area contributed by atoms with Crippen molar-refractivity contribution in [3.05, 3.63) is 23.2 Å². The molecule has 3 nitrogen and oxygen atoms in total. The largest absolute Gasteiger partial charge is 0.388 e. The second-order valence-electron chi connectivity index (χ2n) is 5.26. The van der Waals surface area contributed by atoms with Gasteiger partial charge < -0.3 is 10.0 Å². The van der Waals surface area contributed by atoms with E-state index in [9.17, 15) is 13.9 Å². The number of nitriles is 1. The quantitative estimate of drug-likeness (QED) is 0.837. The van der Waals surface area contributed by atoms with Gasteiger partial charge in [-0.1, -0.05) is 6.92 Å². The highest BCUT2D eigenvalue weighted by Gasteiger charge is 2.43. The van der Waals surface area contributed by atoms with Crippen LogP contribution in [-0.4, -0.2) is 34.4 Å². The zero-order valence-electron chi connectivity index (χ0n) is 11.2. The van der Waals surface area contributed by atoms with Gasteiger partial charge in [0.25, 0.3) is 0 Å². The van der Waals surface area contributed by atoms with Crippen molar-refractivity contribution in [1.82, 2.24) is 4.90 Å². The minimum absolute atomic E-state index is 0.000444. The lowest BCUT2D eigenvalue weighted by Gasteiger charge is -2.34. The summed E-state index contributed by atoms with van der Waals surface area (Å²) in [7, 11) is 0. The number of hydrogen-bond donors (Lipinski definition) is 1. The SMILES string of the molecule is CC[C@]1(O)CCN(C2=CC(F)=C(C#N)C(F)C2)[C@H]1C. The van der Waals surface area contributed by atoms with Crippen LogP contribution in [-0.2, 0) is 0 Å². The normalized spacial score (nSPS) is 35.4. The molecule has 0 aromatic carbocycles. The number of nitrogens with zero attached hydrogens (tertiary/aromatic N) is 2. The molecule has 1 fully saturated rings. The number of likely N-dealkylation sites (tertiary alicyclic amines) is 1. The average Bonchev–Trinajstić information content (AvgIpc) is 2.66. The molecule has 0 spiro atoms. The van der Waals surface area contributed by atoms with Crippen molar-refractivity contribution >= 4 is 0 Å². The van der Waals surface area contributed by atoms with Gasteiger partial charge in [0.2, 0.25) is 0 Å².